The van der Waals surface area contributed by atoms with Crippen LogP contribution in [0.5, 0.6) is 0 Å². The molecule has 114 valence electrons. The molecule has 1 N–H and O–H groups in total. The highest BCUT2D eigenvalue weighted by Crippen LogP contribution is 2.16. The van der Waals surface area contributed by atoms with Crippen LogP contribution in [0, 0.1) is 5.92 Å². The number of benzene rings is 2. The average Bonchev–Trinajstić information content (AvgIpc) is 2.50. The fourth-order valence-corrected chi connectivity index (χ4v) is 2.59. The second kappa shape index (κ2) is 7.90. The minimum absolute atomic E-state index is 0.0503. The van der Waals surface area contributed by atoms with E-state index in [-0.39, 0.29) is 18.6 Å². The number of carbonyl (C=O) groups excluding carboxylic acids is 1. The van der Waals surface area contributed by atoms with Crippen molar-refractivity contribution in [3.8, 4) is 0 Å². The van der Waals surface area contributed by atoms with Crippen molar-refractivity contribution >= 4 is 27.7 Å². The molecule has 2 aromatic carbocycles. The molecule has 0 radical (unpaired) electrons. The highest BCUT2D eigenvalue weighted by atomic mass is 79.9. The quantitative estimate of drug-likeness (QED) is 0.814. The summed E-state index contributed by atoms with van der Waals surface area (Å²) in [6.45, 7) is 0. The van der Waals surface area contributed by atoms with Crippen LogP contribution < -0.4 is 0 Å². The first-order valence-corrected chi connectivity index (χ1v) is 7.87. The molecule has 1 atom stereocenters. The molecule has 2 rings (SSSR count). The standard InChI is InChI=1S/C18H17BrO3/c19-16-8-6-14(7-9-16)11-17(20)12-15(18(21)22)10-13-4-2-1-3-5-13/h1-9,15H,10-12H2,(H,21,22)/t15-/m0/s1. The van der Waals surface area contributed by atoms with E-state index >= 15 is 0 Å². The van der Waals surface area contributed by atoms with Crippen molar-refractivity contribution < 1.29 is 14.7 Å². The van der Waals surface area contributed by atoms with Gasteiger partial charge in [-0.2, -0.15) is 0 Å². The number of halogens is 1. The number of carboxylic acids is 1. The summed E-state index contributed by atoms with van der Waals surface area (Å²) in [6.07, 6.45) is 0.703. The molecule has 0 aromatic heterocycles. The van der Waals surface area contributed by atoms with Gasteiger partial charge in [0.05, 0.1) is 5.92 Å². The highest BCUT2D eigenvalue weighted by molar-refractivity contribution is 9.10. The Morgan fingerprint density at radius 2 is 1.59 bits per heavy atom. The second-order valence-corrected chi connectivity index (χ2v) is 6.19. The molecule has 3 nitrogen and oxygen atoms in total. The van der Waals surface area contributed by atoms with Gasteiger partial charge in [-0.25, -0.2) is 0 Å². The summed E-state index contributed by atoms with van der Waals surface area (Å²) in [5.41, 5.74) is 1.84. The van der Waals surface area contributed by atoms with Crippen molar-refractivity contribution in [3.63, 3.8) is 0 Å². The van der Waals surface area contributed by atoms with Crippen LogP contribution in [-0.2, 0) is 22.4 Å². The SMILES string of the molecule is O=C(Cc1ccc(Br)cc1)C[C@H](Cc1ccccc1)C(=O)O. The van der Waals surface area contributed by atoms with E-state index in [4.69, 9.17) is 0 Å². The van der Waals surface area contributed by atoms with Crippen LogP contribution >= 0.6 is 15.9 Å². The first-order chi connectivity index (χ1) is 10.5. The molecule has 0 fully saturated rings. The van der Waals surface area contributed by atoms with Gasteiger partial charge < -0.3 is 5.11 Å². The summed E-state index contributed by atoms with van der Waals surface area (Å²) in [5, 5.41) is 9.33. The van der Waals surface area contributed by atoms with Crippen LogP contribution in [-0.4, -0.2) is 16.9 Å². The minimum Gasteiger partial charge on any atom is -0.481 e. The lowest BCUT2D eigenvalue weighted by Gasteiger charge is -2.12. The molecule has 0 aliphatic heterocycles. The van der Waals surface area contributed by atoms with E-state index in [1.54, 1.807) is 0 Å². The molecule has 2 aromatic rings. The van der Waals surface area contributed by atoms with E-state index in [1.165, 1.54) is 0 Å². The Morgan fingerprint density at radius 1 is 0.955 bits per heavy atom. The Bertz CT molecular complexity index is 635. The molecule has 0 heterocycles. The number of hydrogen-bond donors (Lipinski definition) is 1. The van der Waals surface area contributed by atoms with Crippen molar-refractivity contribution in [1.82, 2.24) is 0 Å². The van der Waals surface area contributed by atoms with E-state index in [1.807, 2.05) is 54.6 Å². The third-order valence-electron chi connectivity index (χ3n) is 3.46. The molecule has 0 unspecified atom stereocenters. The van der Waals surface area contributed by atoms with Crippen LogP contribution in [0.25, 0.3) is 0 Å². The lowest BCUT2D eigenvalue weighted by atomic mass is 9.92. The van der Waals surface area contributed by atoms with Crippen LogP contribution in [0.1, 0.15) is 17.5 Å². The number of ketones is 1. The number of aliphatic carboxylic acids is 1. The van der Waals surface area contributed by atoms with E-state index < -0.39 is 11.9 Å². The molecule has 0 amide bonds. The van der Waals surface area contributed by atoms with Gasteiger partial charge in [-0.3, -0.25) is 9.59 Å². The number of Topliss-reactive ketones (excluding diaryl/α,β-unsaturated/α-hetero) is 1. The van der Waals surface area contributed by atoms with Crippen molar-refractivity contribution in [2.24, 2.45) is 5.92 Å². The molecule has 0 spiro atoms. The van der Waals surface area contributed by atoms with E-state index in [2.05, 4.69) is 15.9 Å². The summed E-state index contributed by atoms with van der Waals surface area (Å²) in [6, 6.07) is 16.9. The zero-order valence-electron chi connectivity index (χ0n) is 12.0. The van der Waals surface area contributed by atoms with Crippen LogP contribution in [0.15, 0.2) is 59.1 Å². The van der Waals surface area contributed by atoms with Gasteiger partial charge in [-0.1, -0.05) is 58.4 Å². The van der Waals surface area contributed by atoms with Gasteiger partial charge in [-0.05, 0) is 29.7 Å². The van der Waals surface area contributed by atoms with Crippen LogP contribution in [0.4, 0.5) is 0 Å². The topological polar surface area (TPSA) is 54.4 Å². The average molecular weight is 361 g/mol. The summed E-state index contributed by atoms with van der Waals surface area (Å²) < 4.78 is 0.955. The monoisotopic (exact) mass is 360 g/mol. The van der Waals surface area contributed by atoms with Crippen LogP contribution in [0.2, 0.25) is 0 Å². The third-order valence-corrected chi connectivity index (χ3v) is 3.99. The van der Waals surface area contributed by atoms with Gasteiger partial charge in [0.2, 0.25) is 0 Å². The Labute approximate surface area is 138 Å². The number of carboxylic acid groups (broad SMARTS) is 1. The first kappa shape index (κ1) is 16.4. The van der Waals surface area contributed by atoms with Gasteiger partial charge in [0.25, 0.3) is 0 Å². The van der Waals surface area contributed by atoms with Crippen molar-refractivity contribution in [3.05, 3.63) is 70.2 Å². The largest absolute Gasteiger partial charge is 0.481 e. The summed E-state index contributed by atoms with van der Waals surface area (Å²) in [4.78, 5) is 23.5. The predicted molar refractivity (Wildman–Crippen MR) is 88.7 cm³/mol. The van der Waals surface area contributed by atoms with E-state index in [0.717, 1.165) is 15.6 Å². The summed E-state index contributed by atoms with van der Waals surface area (Å²) in [5.74, 6) is -1.65. The van der Waals surface area contributed by atoms with E-state index in [0.29, 0.717) is 6.42 Å². The highest BCUT2D eigenvalue weighted by Gasteiger charge is 2.21. The maximum Gasteiger partial charge on any atom is 0.307 e. The third kappa shape index (κ3) is 5.11. The molecule has 0 aliphatic carbocycles. The molecule has 0 saturated heterocycles. The lowest BCUT2D eigenvalue weighted by molar-refractivity contribution is -0.143. The molecular weight excluding hydrogens is 344 g/mol. The zero-order chi connectivity index (χ0) is 15.9. The smallest absolute Gasteiger partial charge is 0.307 e. The second-order valence-electron chi connectivity index (χ2n) is 5.27. The maximum atomic E-state index is 12.1. The molecule has 4 heteroatoms. The molecule has 0 aliphatic rings. The van der Waals surface area contributed by atoms with Crippen molar-refractivity contribution in [1.29, 1.82) is 0 Å². The molecular formula is C18H17BrO3. The van der Waals surface area contributed by atoms with Crippen LogP contribution in [0.3, 0.4) is 0 Å². The normalized spacial score (nSPS) is 11.9. The fraction of sp³-hybridized carbons (Fsp3) is 0.222. The maximum absolute atomic E-state index is 12.1. The number of carbonyl (C=O) groups is 2. The van der Waals surface area contributed by atoms with Crippen molar-refractivity contribution in [2.75, 3.05) is 0 Å². The molecule has 0 saturated carbocycles. The van der Waals surface area contributed by atoms with Crippen molar-refractivity contribution in [2.45, 2.75) is 19.3 Å². The fourth-order valence-electron chi connectivity index (χ4n) is 2.32. The van der Waals surface area contributed by atoms with Gasteiger partial charge in [0.1, 0.15) is 5.78 Å². The summed E-state index contributed by atoms with van der Waals surface area (Å²) >= 11 is 3.35. The Balaban J connectivity index is 1.97. The van der Waals surface area contributed by atoms with Gasteiger partial charge >= 0.3 is 5.97 Å². The number of rotatable bonds is 7. The zero-order valence-corrected chi connectivity index (χ0v) is 13.6. The van der Waals surface area contributed by atoms with Gasteiger partial charge in [-0.15, -0.1) is 0 Å². The van der Waals surface area contributed by atoms with E-state index in [9.17, 15) is 14.7 Å². The Kier molecular flexibility index (Phi) is 5.90. The first-order valence-electron chi connectivity index (χ1n) is 7.07. The Hall–Kier alpha value is -1.94. The predicted octanol–water partition coefficient (Wildman–Crippen LogP) is 3.89. The molecule has 22 heavy (non-hydrogen) atoms. The minimum atomic E-state index is -0.923. The summed E-state index contributed by atoms with van der Waals surface area (Å²) in [7, 11) is 0. The number of hydrogen-bond acceptors (Lipinski definition) is 2. The lowest BCUT2D eigenvalue weighted by Crippen LogP contribution is -2.21. The van der Waals surface area contributed by atoms with Gasteiger partial charge in [0.15, 0.2) is 0 Å². The Morgan fingerprint density at radius 3 is 2.18 bits per heavy atom. The molecule has 0 bridgehead atoms. The van der Waals surface area contributed by atoms with Gasteiger partial charge in [0, 0.05) is 17.3 Å².